The molecule has 0 aliphatic heterocycles. The van der Waals surface area contributed by atoms with Gasteiger partial charge in [-0.3, -0.25) is 10.1 Å². The SMILES string of the molecule is Cc1cc(C)c2sc(NC(=O)c3ccc(Br)s3)nc2c1. The summed E-state index contributed by atoms with van der Waals surface area (Å²) >= 11 is 6.28. The summed E-state index contributed by atoms with van der Waals surface area (Å²) in [6, 6.07) is 7.83. The highest BCUT2D eigenvalue weighted by Crippen LogP contribution is 2.30. The molecule has 2 aromatic heterocycles. The first-order valence-corrected chi connectivity index (χ1v) is 8.40. The van der Waals surface area contributed by atoms with Crippen molar-refractivity contribution in [3.63, 3.8) is 0 Å². The summed E-state index contributed by atoms with van der Waals surface area (Å²) < 4.78 is 2.07. The maximum atomic E-state index is 12.1. The molecule has 0 aliphatic rings. The summed E-state index contributed by atoms with van der Waals surface area (Å²) in [5, 5.41) is 3.51. The van der Waals surface area contributed by atoms with Gasteiger partial charge in [0.15, 0.2) is 5.13 Å². The molecule has 102 valence electrons. The maximum Gasteiger partial charge on any atom is 0.267 e. The van der Waals surface area contributed by atoms with Crippen LogP contribution in [0.2, 0.25) is 0 Å². The number of nitrogens with zero attached hydrogens (tertiary/aromatic N) is 1. The van der Waals surface area contributed by atoms with Gasteiger partial charge in [-0.2, -0.15) is 0 Å². The van der Waals surface area contributed by atoms with E-state index in [0.29, 0.717) is 10.0 Å². The first kappa shape index (κ1) is 13.7. The van der Waals surface area contributed by atoms with Crippen LogP contribution in [0.15, 0.2) is 28.1 Å². The minimum atomic E-state index is -0.117. The number of benzene rings is 1. The standard InChI is InChI=1S/C14H11BrN2OS2/c1-7-5-8(2)12-9(6-7)16-14(20-12)17-13(18)10-3-4-11(15)19-10/h3-6H,1-2H3,(H,16,17,18). The van der Waals surface area contributed by atoms with Crippen molar-refractivity contribution in [3.8, 4) is 0 Å². The molecule has 0 bridgehead atoms. The van der Waals surface area contributed by atoms with E-state index in [0.717, 1.165) is 14.0 Å². The second-order valence-corrected chi connectivity index (χ2v) is 7.97. The Hall–Kier alpha value is -1.24. The van der Waals surface area contributed by atoms with E-state index in [2.05, 4.69) is 39.2 Å². The van der Waals surface area contributed by atoms with E-state index in [4.69, 9.17) is 0 Å². The quantitative estimate of drug-likeness (QED) is 0.693. The number of hydrogen-bond acceptors (Lipinski definition) is 4. The lowest BCUT2D eigenvalue weighted by atomic mass is 10.1. The number of fused-ring (bicyclic) bond motifs is 1. The first-order valence-electron chi connectivity index (χ1n) is 5.97. The third-order valence-corrected chi connectivity index (χ3v) is 5.58. The number of amides is 1. The molecule has 0 unspecified atom stereocenters. The van der Waals surface area contributed by atoms with Gasteiger partial charge >= 0.3 is 0 Å². The maximum absolute atomic E-state index is 12.1. The van der Waals surface area contributed by atoms with Crippen LogP contribution < -0.4 is 5.32 Å². The van der Waals surface area contributed by atoms with E-state index < -0.39 is 0 Å². The number of nitrogens with one attached hydrogen (secondary N) is 1. The Morgan fingerprint density at radius 1 is 1.25 bits per heavy atom. The zero-order valence-electron chi connectivity index (χ0n) is 10.9. The van der Waals surface area contributed by atoms with Gasteiger partial charge in [-0.25, -0.2) is 4.98 Å². The average molecular weight is 367 g/mol. The van der Waals surface area contributed by atoms with Gasteiger partial charge in [0.2, 0.25) is 0 Å². The lowest BCUT2D eigenvalue weighted by Crippen LogP contribution is -2.09. The predicted molar refractivity (Wildman–Crippen MR) is 89.1 cm³/mol. The van der Waals surface area contributed by atoms with Crippen LogP contribution in [0.4, 0.5) is 5.13 Å². The number of aryl methyl sites for hydroxylation is 2. The van der Waals surface area contributed by atoms with Crippen LogP contribution in [-0.2, 0) is 0 Å². The van der Waals surface area contributed by atoms with Gasteiger partial charge < -0.3 is 0 Å². The molecule has 0 saturated heterocycles. The molecule has 0 radical (unpaired) electrons. The summed E-state index contributed by atoms with van der Waals surface area (Å²) in [5.41, 5.74) is 3.31. The molecule has 2 heterocycles. The van der Waals surface area contributed by atoms with Gasteiger partial charge in [-0.1, -0.05) is 17.4 Å². The van der Waals surface area contributed by atoms with Crippen LogP contribution in [0.1, 0.15) is 20.8 Å². The molecule has 1 aromatic carbocycles. The van der Waals surface area contributed by atoms with Crippen LogP contribution in [0.25, 0.3) is 10.2 Å². The number of anilines is 1. The van der Waals surface area contributed by atoms with Crippen molar-refractivity contribution >= 4 is 59.9 Å². The van der Waals surface area contributed by atoms with E-state index in [9.17, 15) is 4.79 Å². The van der Waals surface area contributed by atoms with Gasteiger partial charge in [0, 0.05) is 0 Å². The summed E-state index contributed by atoms with van der Waals surface area (Å²) in [4.78, 5) is 17.3. The Morgan fingerprint density at radius 3 is 2.75 bits per heavy atom. The molecule has 0 aliphatic carbocycles. The Kier molecular flexibility index (Phi) is 3.62. The number of carbonyl (C=O) groups excluding carboxylic acids is 1. The van der Waals surface area contributed by atoms with E-state index in [1.807, 2.05) is 19.1 Å². The van der Waals surface area contributed by atoms with E-state index in [-0.39, 0.29) is 5.91 Å². The summed E-state index contributed by atoms with van der Waals surface area (Å²) in [6.07, 6.45) is 0. The largest absolute Gasteiger partial charge is 0.297 e. The fourth-order valence-corrected chi connectivity index (χ4v) is 4.22. The Bertz CT molecular complexity index is 807. The van der Waals surface area contributed by atoms with E-state index in [1.54, 1.807) is 6.07 Å². The summed E-state index contributed by atoms with van der Waals surface area (Å²) in [5.74, 6) is -0.117. The van der Waals surface area contributed by atoms with Crippen molar-refractivity contribution in [2.24, 2.45) is 0 Å². The number of thiophene rings is 1. The first-order chi connectivity index (χ1) is 9.52. The van der Waals surface area contributed by atoms with Crippen LogP contribution in [0, 0.1) is 13.8 Å². The summed E-state index contributed by atoms with van der Waals surface area (Å²) in [7, 11) is 0. The molecular weight excluding hydrogens is 356 g/mol. The van der Waals surface area contributed by atoms with Gasteiger partial charge in [0.05, 0.1) is 18.9 Å². The predicted octanol–water partition coefficient (Wildman–Crippen LogP) is 4.99. The van der Waals surface area contributed by atoms with E-state index >= 15 is 0 Å². The second-order valence-electron chi connectivity index (χ2n) is 4.51. The zero-order valence-corrected chi connectivity index (χ0v) is 14.1. The number of halogens is 1. The molecule has 1 amide bonds. The minimum absolute atomic E-state index is 0.117. The molecule has 0 spiro atoms. The minimum Gasteiger partial charge on any atom is -0.297 e. The molecule has 0 fully saturated rings. The smallest absolute Gasteiger partial charge is 0.267 e. The molecule has 1 N–H and O–H groups in total. The van der Waals surface area contributed by atoms with Crippen LogP contribution in [0.5, 0.6) is 0 Å². The molecule has 0 atom stereocenters. The highest BCUT2D eigenvalue weighted by atomic mass is 79.9. The van der Waals surface area contributed by atoms with Crippen molar-refractivity contribution in [3.05, 3.63) is 44.1 Å². The number of carbonyl (C=O) groups is 1. The van der Waals surface area contributed by atoms with Crippen molar-refractivity contribution in [2.75, 3.05) is 5.32 Å². The molecule has 6 heteroatoms. The second kappa shape index (κ2) is 5.27. The van der Waals surface area contributed by atoms with Gasteiger partial charge in [-0.05, 0) is 59.1 Å². The van der Waals surface area contributed by atoms with Gasteiger partial charge in [0.25, 0.3) is 5.91 Å². The number of thiazole rings is 1. The van der Waals surface area contributed by atoms with Crippen molar-refractivity contribution in [1.82, 2.24) is 4.98 Å². The Labute approximate surface area is 132 Å². The van der Waals surface area contributed by atoms with Crippen LogP contribution in [-0.4, -0.2) is 10.9 Å². The highest BCUT2D eigenvalue weighted by Gasteiger charge is 2.12. The topological polar surface area (TPSA) is 42.0 Å². The Balaban J connectivity index is 1.91. The fraction of sp³-hybridized carbons (Fsp3) is 0.143. The van der Waals surface area contributed by atoms with Crippen molar-refractivity contribution in [1.29, 1.82) is 0 Å². The lowest BCUT2D eigenvalue weighted by Gasteiger charge is -1.96. The molecular formula is C14H11BrN2OS2. The van der Waals surface area contributed by atoms with Gasteiger partial charge in [-0.15, -0.1) is 11.3 Å². The average Bonchev–Trinajstić information content (AvgIpc) is 2.95. The Morgan fingerprint density at radius 2 is 2.05 bits per heavy atom. The van der Waals surface area contributed by atoms with E-state index in [1.165, 1.54) is 33.8 Å². The molecule has 3 aromatic rings. The zero-order chi connectivity index (χ0) is 14.3. The molecule has 3 rings (SSSR count). The summed E-state index contributed by atoms with van der Waals surface area (Å²) in [6.45, 7) is 4.11. The fourth-order valence-electron chi connectivity index (χ4n) is 2.03. The van der Waals surface area contributed by atoms with Gasteiger partial charge in [0.1, 0.15) is 0 Å². The number of aromatic nitrogens is 1. The normalized spacial score (nSPS) is 10.9. The number of rotatable bonds is 2. The van der Waals surface area contributed by atoms with Crippen LogP contribution >= 0.6 is 38.6 Å². The molecule has 20 heavy (non-hydrogen) atoms. The highest BCUT2D eigenvalue weighted by molar-refractivity contribution is 9.11. The third kappa shape index (κ3) is 2.63. The number of hydrogen-bond donors (Lipinski definition) is 1. The monoisotopic (exact) mass is 366 g/mol. The third-order valence-electron chi connectivity index (χ3n) is 2.84. The molecule has 0 saturated carbocycles. The van der Waals surface area contributed by atoms with Crippen LogP contribution in [0.3, 0.4) is 0 Å². The lowest BCUT2D eigenvalue weighted by molar-refractivity contribution is 0.103. The van der Waals surface area contributed by atoms with Crippen molar-refractivity contribution in [2.45, 2.75) is 13.8 Å². The van der Waals surface area contributed by atoms with Crippen molar-refractivity contribution < 1.29 is 4.79 Å². The molecule has 3 nitrogen and oxygen atoms in total.